The van der Waals surface area contributed by atoms with Crippen LogP contribution in [-0.4, -0.2) is 32.0 Å². The first-order chi connectivity index (χ1) is 7.76. The highest BCUT2D eigenvalue weighted by Gasteiger charge is 2.08. The van der Waals surface area contributed by atoms with Gasteiger partial charge in [-0.3, -0.25) is 0 Å². The topological polar surface area (TPSA) is 38.7 Å². The van der Waals surface area contributed by atoms with Crippen molar-refractivity contribution in [2.24, 2.45) is 5.92 Å². The Hall–Kier alpha value is -0.580. The maximum absolute atomic E-state index is 9.13. The van der Waals surface area contributed by atoms with Crippen molar-refractivity contribution in [2.75, 3.05) is 26.9 Å². The van der Waals surface area contributed by atoms with Crippen LogP contribution >= 0.6 is 15.9 Å². The number of aliphatic hydroxyl groups is 1. The summed E-state index contributed by atoms with van der Waals surface area (Å²) in [4.78, 5) is 0. The fraction of sp³-hybridized carbons (Fsp3) is 0.500. The molecule has 4 heteroatoms. The van der Waals surface area contributed by atoms with Crippen LogP contribution in [-0.2, 0) is 4.74 Å². The van der Waals surface area contributed by atoms with E-state index >= 15 is 0 Å². The van der Waals surface area contributed by atoms with E-state index in [1.54, 1.807) is 7.11 Å². The lowest BCUT2D eigenvalue weighted by atomic mass is 10.1. The Morgan fingerprint density at radius 2 is 2.00 bits per heavy atom. The van der Waals surface area contributed by atoms with Crippen molar-refractivity contribution in [1.29, 1.82) is 0 Å². The van der Waals surface area contributed by atoms with E-state index in [4.69, 9.17) is 14.6 Å². The largest absolute Gasteiger partial charge is 0.493 e. The van der Waals surface area contributed by atoms with Gasteiger partial charge in [0.1, 0.15) is 5.75 Å². The van der Waals surface area contributed by atoms with Crippen molar-refractivity contribution in [3.63, 3.8) is 0 Å². The lowest BCUT2D eigenvalue weighted by Gasteiger charge is -2.14. The number of rotatable bonds is 7. The average molecular weight is 289 g/mol. The summed E-state index contributed by atoms with van der Waals surface area (Å²) in [6.07, 6.45) is 0.809. The number of hydrogen-bond acceptors (Lipinski definition) is 3. The normalized spacial score (nSPS) is 12.4. The van der Waals surface area contributed by atoms with Gasteiger partial charge in [-0.1, -0.05) is 15.9 Å². The van der Waals surface area contributed by atoms with E-state index in [1.807, 2.05) is 24.3 Å². The Labute approximate surface area is 105 Å². The van der Waals surface area contributed by atoms with Gasteiger partial charge in [0.25, 0.3) is 0 Å². The minimum atomic E-state index is 0.125. The second-order valence-electron chi connectivity index (χ2n) is 3.59. The van der Waals surface area contributed by atoms with E-state index in [9.17, 15) is 0 Å². The molecule has 1 aromatic rings. The van der Waals surface area contributed by atoms with Crippen molar-refractivity contribution in [3.8, 4) is 5.75 Å². The van der Waals surface area contributed by atoms with Gasteiger partial charge in [-0.2, -0.15) is 0 Å². The SMILES string of the molecule is COCCC(CO)COc1ccc(Br)cc1. The highest BCUT2D eigenvalue weighted by atomic mass is 79.9. The first-order valence-electron chi connectivity index (χ1n) is 5.24. The zero-order chi connectivity index (χ0) is 11.8. The lowest BCUT2D eigenvalue weighted by Crippen LogP contribution is -2.17. The summed E-state index contributed by atoms with van der Waals surface area (Å²) < 4.78 is 11.6. The monoisotopic (exact) mass is 288 g/mol. The molecule has 3 nitrogen and oxygen atoms in total. The number of hydrogen-bond donors (Lipinski definition) is 1. The summed E-state index contributed by atoms with van der Waals surface area (Å²) in [5.74, 6) is 0.947. The second-order valence-corrected chi connectivity index (χ2v) is 4.51. The van der Waals surface area contributed by atoms with Crippen LogP contribution in [0, 0.1) is 5.92 Å². The Bertz CT molecular complexity index is 287. The van der Waals surface area contributed by atoms with Gasteiger partial charge in [-0.15, -0.1) is 0 Å². The zero-order valence-electron chi connectivity index (χ0n) is 9.36. The molecular formula is C12H17BrO3. The van der Waals surface area contributed by atoms with Gasteiger partial charge in [0.15, 0.2) is 0 Å². The third-order valence-electron chi connectivity index (χ3n) is 2.29. The molecule has 0 bridgehead atoms. The molecule has 0 aliphatic rings. The molecule has 1 aromatic carbocycles. The fourth-order valence-corrected chi connectivity index (χ4v) is 1.52. The first kappa shape index (κ1) is 13.5. The second kappa shape index (κ2) is 7.65. The first-order valence-corrected chi connectivity index (χ1v) is 6.03. The van der Waals surface area contributed by atoms with Crippen LogP contribution in [0.2, 0.25) is 0 Å². The van der Waals surface area contributed by atoms with Gasteiger partial charge in [-0.25, -0.2) is 0 Å². The van der Waals surface area contributed by atoms with E-state index in [0.29, 0.717) is 13.2 Å². The molecule has 0 spiro atoms. The van der Waals surface area contributed by atoms with Gasteiger partial charge >= 0.3 is 0 Å². The van der Waals surface area contributed by atoms with E-state index in [0.717, 1.165) is 16.6 Å². The Morgan fingerprint density at radius 3 is 2.56 bits per heavy atom. The molecule has 1 N–H and O–H groups in total. The fourth-order valence-electron chi connectivity index (χ4n) is 1.26. The summed E-state index contributed by atoms with van der Waals surface area (Å²) in [7, 11) is 1.66. The summed E-state index contributed by atoms with van der Waals surface area (Å²) in [6.45, 7) is 1.29. The van der Waals surface area contributed by atoms with Crippen LogP contribution in [0.1, 0.15) is 6.42 Å². The Morgan fingerprint density at radius 1 is 1.31 bits per heavy atom. The van der Waals surface area contributed by atoms with Gasteiger partial charge in [0, 0.05) is 30.7 Å². The Balaban J connectivity index is 2.34. The van der Waals surface area contributed by atoms with E-state index < -0.39 is 0 Å². The highest BCUT2D eigenvalue weighted by Crippen LogP contribution is 2.17. The maximum Gasteiger partial charge on any atom is 0.119 e. The third kappa shape index (κ3) is 4.96. The zero-order valence-corrected chi connectivity index (χ0v) is 10.9. The van der Waals surface area contributed by atoms with Crippen LogP contribution < -0.4 is 4.74 Å². The van der Waals surface area contributed by atoms with Gasteiger partial charge in [0.2, 0.25) is 0 Å². The highest BCUT2D eigenvalue weighted by molar-refractivity contribution is 9.10. The number of ether oxygens (including phenoxy) is 2. The molecule has 0 saturated heterocycles. The van der Waals surface area contributed by atoms with Gasteiger partial charge in [-0.05, 0) is 30.7 Å². The van der Waals surface area contributed by atoms with Crippen LogP contribution in [0.5, 0.6) is 5.75 Å². The van der Waals surface area contributed by atoms with Crippen molar-refractivity contribution < 1.29 is 14.6 Å². The van der Waals surface area contributed by atoms with Gasteiger partial charge in [0.05, 0.1) is 6.61 Å². The van der Waals surface area contributed by atoms with E-state index in [1.165, 1.54) is 0 Å². The summed E-state index contributed by atoms with van der Waals surface area (Å²) in [6, 6.07) is 7.65. The number of halogens is 1. The summed E-state index contributed by atoms with van der Waals surface area (Å²) in [5, 5.41) is 9.13. The van der Waals surface area contributed by atoms with Crippen molar-refractivity contribution in [2.45, 2.75) is 6.42 Å². The predicted octanol–water partition coefficient (Wildman–Crippen LogP) is 2.47. The smallest absolute Gasteiger partial charge is 0.119 e. The molecule has 1 rings (SSSR count). The molecular weight excluding hydrogens is 272 g/mol. The molecule has 0 aliphatic carbocycles. The Kier molecular flexibility index (Phi) is 6.45. The predicted molar refractivity (Wildman–Crippen MR) is 66.7 cm³/mol. The molecule has 0 heterocycles. The number of benzene rings is 1. The molecule has 0 radical (unpaired) electrons. The number of methoxy groups -OCH3 is 1. The third-order valence-corrected chi connectivity index (χ3v) is 2.82. The average Bonchev–Trinajstić information content (AvgIpc) is 2.32. The van der Waals surface area contributed by atoms with Crippen LogP contribution in [0.15, 0.2) is 28.7 Å². The molecule has 90 valence electrons. The van der Waals surface area contributed by atoms with Crippen LogP contribution in [0.4, 0.5) is 0 Å². The van der Waals surface area contributed by atoms with Crippen LogP contribution in [0.25, 0.3) is 0 Å². The maximum atomic E-state index is 9.13. The van der Waals surface area contributed by atoms with Gasteiger partial charge < -0.3 is 14.6 Å². The van der Waals surface area contributed by atoms with E-state index in [2.05, 4.69) is 15.9 Å². The quantitative estimate of drug-likeness (QED) is 0.838. The molecule has 0 amide bonds. The van der Waals surface area contributed by atoms with E-state index in [-0.39, 0.29) is 12.5 Å². The molecule has 0 aliphatic heterocycles. The summed E-state index contributed by atoms with van der Waals surface area (Å²) in [5.41, 5.74) is 0. The minimum Gasteiger partial charge on any atom is -0.493 e. The van der Waals surface area contributed by atoms with Crippen molar-refractivity contribution >= 4 is 15.9 Å². The van der Waals surface area contributed by atoms with Crippen molar-refractivity contribution in [1.82, 2.24) is 0 Å². The summed E-state index contributed by atoms with van der Waals surface area (Å²) >= 11 is 3.36. The minimum absolute atomic E-state index is 0.125. The standard InChI is InChI=1S/C12H17BrO3/c1-15-7-6-10(8-14)9-16-12-4-2-11(13)3-5-12/h2-5,10,14H,6-9H2,1H3. The molecule has 0 fully saturated rings. The molecule has 1 atom stereocenters. The van der Waals surface area contributed by atoms with Crippen molar-refractivity contribution in [3.05, 3.63) is 28.7 Å². The molecule has 16 heavy (non-hydrogen) atoms. The van der Waals surface area contributed by atoms with Crippen LogP contribution in [0.3, 0.4) is 0 Å². The molecule has 1 unspecified atom stereocenters. The number of aliphatic hydroxyl groups excluding tert-OH is 1. The lowest BCUT2D eigenvalue weighted by molar-refractivity contribution is 0.116. The molecule has 0 aromatic heterocycles. The molecule has 0 saturated carbocycles.